The Balaban J connectivity index is 4.40. The molecule has 3 nitrogen and oxygen atoms in total. The molecule has 92 valence electrons. The predicted octanol–water partition coefficient (Wildman–Crippen LogP) is 2.46. The molecule has 0 spiro atoms. The van der Waals surface area contributed by atoms with E-state index in [2.05, 4.69) is 33.1 Å². The Morgan fingerprint density at radius 3 is 2.20 bits per heavy atom. The van der Waals surface area contributed by atoms with Crippen molar-refractivity contribution in [3.63, 3.8) is 0 Å². The molecular weight excluding hydrogens is 188 g/mol. The second kappa shape index (κ2) is 7.20. The van der Waals surface area contributed by atoms with Gasteiger partial charge in [0, 0.05) is 12.6 Å². The third-order valence-corrected chi connectivity index (χ3v) is 2.65. The summed E-state index contributed by atoms with van der Waals surface area (Å²) in [7, 11) is 0. The fourth-order valence-corrected chi connectivity index (χ4v) is 1.90. The van der Waals surface area contributed by atoms with Gasteiger partial charge in [-0.05, 0) is 18.8 Å². The van der Waals surface area contributed by atoms with E-state index in [1.54, 1.807) is 0 Å². The zero-order valence-corrected chi connectivity index (χ0v) is 11.0. The molecule has 15 heavy (non-hydrogen) atoms. The smallest absolute Gasteiger partial charge is 0.0789 e. The lowest BCUT2D eigenvalue weighted by molar-refractivity contribution is -0.0378. The summed E-state index contributed by atoms with van der Waals surface area (Å²) in [5.41, 5.74) is 3.03. The van der Waals surface area contributed by atoms with Gasteiger partial charge >= 0.3 is 0 Å². The van der Waals surface area contributed by atoms with Gasteiger partial charge in [0.15, 0.2) is 0 Å². The Kier molecular flexibility index (Phi) is 7.14. The third kappa shape index (κ3) is 5.50. The zero-order valence-electron chi connectivity index (χ0n) is 11.0. The van der Waals surface area contributed by atoms with Crippen LogP contribution >= 0.6 is 0 Å². The second-order valence-electron chi connectivity index (χ2n) is 5.16. The van der Waals surface area contributed by atoms with Crippen LogP contribution in [-0.2, 0) is 4.74 Å². The molecule has 2 atom stereocenters. The van der Waals surface area contributed by atoms with E-state index in [4.69, 9.17) is 10.6 Å². The van der Waals surface area contributed by atoms with Crippen molar-refractivity contribution in [1.82, 2.24) is 5.43 Å². The molecule has 0 bridgehead atoms. The topological polar surface area (TPSA) is 47.3 Å². The molecule has 3 N–H and O–H groups in total. The number of hydrazine groups is 1. The maximum absolute atomic E-state index is 5.81. The molecule has 3 heteroatoms. The van der Waals surface area contributed by atoms with E-state index in [9.17, 15) is 0 Å². The molecule has 0 aliphatic rings. The van der Waals surface area contributed by atoms with E-state index in [1.165, 1.54) is 12.8 Å². The van der Waals surface area contributed by atoms with Crippen LogP contribution in [-0.4, -0.2) is 18.8 Å². The highest BCUT2D eigenvalue weighted by molar-refractivity contribution is 4.85. The Morgan fingerprint density at radius 1 is 1.27 bits per heavy atom. The minimum atomic E-state index is 0.126. The summed E-state index contributed by atoms with van der Waals surface area (Å²) in [5.74, 6) is 5.61. The molecule has 0 saturated heterocycles. The van der Waals surface area contributed by atoms with Crippen LogP contribution in [0.5, 0.6) is 0 Å². The number of nitrogens with two attached hydrogens (primary N) is 1. The van der Waals surface area contributed by atoms with E-state index in [0.717, 1.165) is 13.0 Å². The number of ether oxygens (including phenoxy) is 1. The minimum Gasteiger partial charge on any atom is -0.376 e. The first-order valence-corrected chi connectivity index (χ1v) is 6.05. The molecule has 2 unspecified atom stereocenters. The van der Waals surface area contributed by atoms with Crippen molar-refractivity contribution >= 4 is 0 Å². The molecule has 0 rings (SSSR count). The van der Waals surface area contributed by atoms with Crippen LogP contribution in [0.4, 0.5) is 0 Å². The molecular formula is C12H28N2O. The third-order valence-electron chi connectivity index (χ3n) is 2.65. The quantitative estimate of drug-likeness (QED) is 0.507. The first kappa shape index (κ1) is 14.9. The lowest BCUT2D eigenvalue weighted by atomic mass is 9.83. The van der Waals surface area contributed by atoms with E-state index < -0.39 is 0 Å². The van der Waals surface area contributed by atoms with Crippen molar-refractivity contribution in [1.29, 1.82) is 0 Å². The first-order chi connectivity index (χ1) is 6.97. The summed E-state index contributed by atoms with van der Waals surface area (Å²) in [6, 6.07) is 0.255. The van der Waals surface area contributed by atoms with E-state index in [1.807, 2.05) is 6.92 Å². The van der Waals surface area contributed by atoms with Crippen molar-refractivity contribution < 1.29 is 4.74 Å². The highest BCUT2D eigenvalue weighted by Crippen LogP contribution is 2.26. The fraction of sp³-hybridized carbons (Fsp3) is 1.00. The summed E-state index contributed by atoms with van der Waals surface area (Å²) in [6.45, 7) is 11.6. The van der Waals surface area contributed by atoms with Crippen LogP contribution in [0.3, 0.4) is 0 Å². The second-order valence-corrected chi connectivity index (χ2v) is 5.16. The molecule has 0 amide bonds. The standard InChI is InChI=1S/C12H28N2O/c1-6-8-9-10(14-13)11(15-7-2)12(3,4)5/h10-11,14H,6-9,13H2,1-5H3. The highest BCUT2D eigenvalue weighted by Gasteiger charge is 2.31. The van der Waals surface area contributed by atoms with Crippen molar-refractivity contribution in [3.05, 3.63) is 0 Å². The molecule has 0 heterocycles. The number of hydrogen-bond acceptors (Lipinski definition) is 3. The number of hydrogen-bond donors (Lipinski definition) is 2. The van der Waals surface area contributed by atoms with Crippen molar-refractivity contribution in [3.8, 4) is 0 Å². The molecule has 0 aromatic carbocycles. The lowest BCUT2D eigenvalue weighted by Crippen LogP contribution is -2.50. The van der Waals surface area contributed by atoms with Crippen LogP contribution < -0.4 is 11.3 Å². The van der Waals surface area contributed by atoms with Crippen molar-refractivity contribution in [2.75, 3.05) is 6.61 Å². The van der Waals surface area contributed by atoms with Gasteiger partial charge in [0.05, 0.1) is 6.10 Å². The normalized spacial score (nSPS) is 16.4. The number of unbranched alkanes of at least 4 members (excludes halogenated alkanes) is 1. The summed E-state index contributed by atoms with van der Waals surface area (Å²) in [6.07, 6.45) is 3.64. The van der Waals surface area contributed by atoms with E-state index >= 15 is 0 Å². The fourth-order valence-electron chi connectivity index (χ4n) is 1.90. The van der Waals surface area contributed by atoms with Gasteiger partial charge in [0.1, 0.15) is 0 Å². The van der Waals surface area contributed by atoms with Gasteiger partial charge in [-0.25, -0.2) is 0 Å². The highest BCUT2D eigenvalue weighted by atomic mass is 16.5. The van der Waals surface area contributed by atoms with Gasteiger partial charge in [0.2, 0.25) is 0 Å². The Bertz CT molecular complexity index is 154. The Hall–Kier alpha value is -0.120. The van der Waals surface area contributed by atoms with Crippen molar-refractivity contribution in [2.45, 2.75) is 66.0 Å². The van der Waals surface area contributed by atoms with Crippen molar-refractivity contribution in [2.24, 2.45) is 11.3 Å². The SMILES string of the molecule is CCCCC(NN)C(OCC)C(C)(C)C. The van der Waals surface area contributed by atoms with E-state index in [-0.39, 0.29) is 17.6 Å². The van der Waals surface area contributed by atoms with Crippen LogP contribution in [0, 0.1) is 5.41 Å². The van der Waals surface area contributed by atoms with Gasteiger partial charge in [-0.2, -0.15) is 0 Å². The van der Waals surface area contributed by atoms with Crippen LogP contribution in [0.2, 0.25) is 0 Å². The zero-order chi connectivity index (χ0) is 11.9. The minimum absolute atomic E-state index is 0.126. The first-order valence-electron chi connectivity index (χ1n) is 6.05. The predicted molar refractivity (Wildman–Crippen MR) is 65.5 cm³/mol. The summed E-state index contributed by atoms with van der Waals surface area (Å²) in [5, 5.41) is 0. The average molecular weight is 216 g/mol. The average Bonchev–Trinajstić information content (AvgIpc) is 2.15. The molecule has 0 aromatic heterocycles. The largest absolute Gasteiger partial charge is 0.376 e. The van der Waals surface area contributed by atoms with Gasteiger partial charge in [-0.3, -0.25) is 11.3 Å². The van der Waals surface area contributed by atoms with E-state index in [0.29, 0.717) is 0 Å². The summed E-state index contributed by atoms with van der Waals surface area (Å²) < 4.78 is 5.81. The van der Waals surface area contributed by atoms with Crippen LogP contribution in [0.25, 0.3) is 0 Å². The molecule has 0 aromatic rings. The maximum Gasteiger partial charge on any atom is 0.0789 e. The summed E-state index contributed by atoms with van der Waals surface area (Å²) >= 11 is 0. The Morgan fingerprint density at radius 2 is 1.87 bits per heavy atom. The number of rotatable bonds is 7. The summed E-state index contributed by atoms with van der Waals surface area (Å²) in [4.78, 5) is 0. The molecule has 0 aliphatic heterocycles. The number of nitrogens with one attached hydrogen (secondary N) is 1. The molecule has 0 radical (unpaired) electrons. The van der Waals surface area contributed by atoms with Gasteiger partial charge in [-0.15, -0.1) is 0 Å². The van der Waals surface area contributed by atoms with Crippen LogP contribution in [0.15, 0.2) is 0 Å². The molecule has 0 fully saturated rings. The molecule has 0 saturated carbocycles. The molecule has 0 aliphatic carbocycles. The van der Waals surface area contributed by atoms with Gasteiger partial charge < -0.3 is 4.74 Å². The maximum atomic E-state index is 5.81. The Labute approximate surface area is 94.7 Å². The van der Waals surface area contributed by atoms with Crippen LogP contribution in [0.1, 0.15) is 53.9 Å². The lowest BCUT2D eigenvalue weighted by Gasteiger charge is -2.36. The van der Waals surface area contributed by atoms with Gasteiger partial charge in [-0.1, -0.05) is 40.5 Å². The van der Waals surface area contributed by atoms with Gasteiger partial charge in [0.25, 0.3) is 0 Å². The monoisotopic (exact) mass is 216 g/mol.